The fourth-order valence-corrected chi connectivity index (χ4v) is 3.22. The maximum Gasteiger partial charge on any atom is 0.498 e. The lowest BCUT2D eigenvalue weighted by molar-refractivity contribution is -0.119. The molecule has 2 saturated heterocycles. The highest BCUT2D eigenvalue weighted by Crippen LogP contribution is 2.36. The number of nitrogens with zero attached hydrogens (tertiary/aromatic N) is 3. The van der Waals surface area contributed by atoms with E-state index in [1.165, 1.54) is 0 Å². The number of alkyl halides is 1. The van der Waals surface area contributed by atoms with E-state index in [4.69, 9.17) is 20.9 Å². The van der Waals surface area contributed by atoms with Crippen LogP contribution < -0.4 is 15.7 Å². The summed E-state index contributed by atoms with van der Waals surface area (Å²) >= 11 is 5.57. The minimum absolute atomic E-state index is 0.0181. The molecule has 0 saturated carbocycles. The summed E-state index contributed by atoms with van der Waals surface area (Å²) in [6, 6.07) is 0.0707. The minimum atomic E-state index is -0.467. The number of anilines is 1. The molecule has 142 valence electrons. The normalized spacial score (nSPS) is 24.6. The highest BCUT2D eigenvalue weighted by Gasteiger charge is 2.52. The largest absolute Gasteiger partial charge is 0.498 e. The van der Waals surface area contributed by atoms with E-state index in [2.05, 4.69) is 20.2 Å². The zero-order valence-corrected chi connectivity index (χ0v) is 16.5. The summed E-state index contributed by atoms with van der Waals surface area (Å²) < 4.78 is 12.1. The van der Waals surface area contributed by atoms with E-state index in [1.54, 1.807) is 12.4 Å². The molecule has 7 nitrogen and oxygen atoms in total. The van der Waals surface area contributed by atoms with Crippen molar-refractivity contribution in [3.8, 4) is 0 Å². The van der Waals surface area contributed by atoms with Crippen molar-refractivity contribution in [3.63, 3.8) is 0 Å². The van der Waals surface area contributed by atoms with Crippen LogP contribution in [-0.2, 0) is 14.1 Å². The number of amides is 1. The SMILES string of the molecule is CC1(C)OB(c2cnc(N3CCC[C@@H](NC(=O)CCl)C3)nc2)OC1(C)C. The summed E-state index contributed by atoms with van der Waals surface area (Å²) in [6.07, 6.45) is 5.41. The molecule has 9 heteroatoms. The topological polar surface area (TPSA) is 76.6 Å². The lowest BCUT2D eigenvalue weighted by Gasteiger charge is -2.33. The van der Waals surface area contributed by atoms with Gasteiger partial charge in [-0.05, 0) is 40.5 Å². The second kappa shape index (κ2) is 7.33. The molecule has 0 spiro atoms. The number of aromatic nitrogens is 2. The molecule has 1 atom stereocenters. The first kappa shape index (κ1) is 19.4. The fraction of sp³-hybridized carbons (Fsp3) is 0.706. The molecule has 26 heavy (non-hydrogen) atoms. The highest BCUT2D eigenvalue weighted by molar-refractivity contribution is 6.61. The van der Waals surface area contributed by atoms with Crippen molar-refractivity contribution in [1.82, 2.24) is 15.3 Å². The number of rotatable bonds is 4. The molecule has 1 aromatic heterocycles. The van der Waals surface area contributed by atoms with Gasteiger partial charge in [0.15, 0.2) is 0 Å². The Kier molecular flexibility index (Phi) is 5.46. The van der Waals surface area contributed by atoms with E-state index in [9.17, 15) is 4.79 Å². The van der Waals surface area contributed by atoms with Gasteiger partial charge in [-0.3, -0.25) is 4.79 Å². The molecule has 1 N–H and O–H groups in total. The second-order valence-electron chi connectivity index (χ2n) is 7.89. The first-order valence-corrected chi connectivity index (χ1v) is 9.53. The van der Waals surface area contributed by atoms with Crippen LogP contribution in [0.3, 0.4) is 0 Å². The Labute approximate surface area is 159 Å². The maximum atomic E-state index is 11.5. The Hall–Kier alpha value is -1.38. The van der Waals surface area contributed by atoms with Gasteiger partial charge in [-0.15, -0.1) is 11.6 Å². The lowest BCUT2D eigenvalue weighted by Crippen LogP contribution is -2.48. The smallest absolute Gasteiger partial charge is 0.399 e. The Morgan fingerprint density at radius 3 is 2.50 bits per heavy atom. The molecule has 2 aliphatic rings. The number of carbonyl (C=O) groups excluding carboxylic acids is 1. The molecule has 2 aliphatic heterocycles. The van der Waals surface area contributed by atoms with Crippen LogP contribution in [0.4, 0.5) is 5.95 Å². The summed E-state index contributed by atoms with van der Waals surface area (Å²) in [4.78, 5) is 22.6. The van der Waals surface area contributed by atoms with Gasteiger partial charge < -0.3 is 19.5 Å². The van der Waals surface area contributed by atoms with Gasteiger partial charge in [-0.2, -0.15) is 0 Å². The average Bonchev–Trinajstić information content (AvgIpc) is 2.83. The van der Waals surface area contributed by atoms with E-state index in [0.29, 0.717) is 12.5 Å². The maximum absolute atomic E-state index is 11.5. The Morgan fingerprint density at radius 2 is 1.92 bits per heavy atom. The Morgan fingerprint density at radius 1 is 1.31 bits per heavy atom. The molecular formula is C17H26BClN4O3. The van der Waals surface area contributed by atoms with Crippen LogP contribution >= 0.6 is 11.6 Å². The molecule has 1 amide bonds. The summed E-state index contributed by atoms with van der Waals surface area (Å²) in [5.74, 6) is 0.487. The number of carbonyl (C=O) groups is 1. The third kappa shape index (κ3) is 3.97. The summed E-state index contributed by atoms with van der Waals surface area (Å²) in [5.41, 5.74) is 0.0186. The van der Waals surface area contributed by atoms with Crippen LogP contribution in [0.25, 0.3) is 0 Å². The summed E-state index contributed by atoms with van der Waals surface area (Å²) in [7, 11) is -0.467. The molecule has 0 aromatic carbocycles. The zero-order valence-electron chi connectivity index (χ0n) is 15.8. The van der Waals surface area contributed by atoms with Crippen molar-refractivity contribution in [1.29, 1.82) is 0 Å². The van der Waals surface area contributed by atoms with E-state index < -0.39 is 18.3 Å². The molecule has 0 bridgehead atoms. The van der Waals surface area contributed by atoms with Crippen LogP contribution in [0.2, 0.25) is 0 Å². The third-order valence-electron chi connectivity index (χ3n) is 5.37. The first-order chi connectivity index (χ1) is 12.2. The third-order valence-corrected chi connectivity index (χ3v) is 5.62. The lowest BCUT2D eigenvalue weighted by atomic mass is 9.81. The van der Waals surface area contributed by atoms with Gasteiger partial charge in [-0.1, -0.05) is 0 Å². The van der Waals surface area contributed by atoms with E-state index in [1.807, 2.05) is 27.7 Å². The van der Waals surface area contributed by atoms with Gasteiger partial charge in [0, 0.05) is 37.0 Å². The molecule has 0 unspecified atom stereocenters. The van der Waals surface area contributed by atoms with Crippen molar-refractivity contribution in [2.45, 2.75) is 57.8 Å². The van der Waals surface area contributed by atoms with Gasteiger partial charge in [0.05, 0.1) is 11.2 Å². The number of hydrogen-bond donors (Lipinski definition) is 1. The van der Waals surface area contributed by atoms with Crippen LogP contribution in [0.5, 0.6) is 0 Å². The van der Waals surface area contributed by atoms with Crippen molar-refractivity contribution >= 4 is 36.0 Å². The molecule has 2 fully saturated rings. The van der Waals surface area contributed by atoms with Crippen LogP contribution in [-0.4, -0.2) is 59.2 Å². The van der Waals surface area contributed by atoms with Crippen LogP contribution in [0.1, 0.15) is 40.5 Å². The molecule has 1 aromatic rings. The molecule has 3 heterocycles. The van der Waals surface area contributed by atoms with Crippen LogP contribution in [0.15, 0.2) is 12.4 Å². The second-order valence-corrected chi connectivity index (χ2v) is 8.16. The molecule has 3 rings (SSSR count). The number of piperidine rings is 1. The number of hydrogen-bond acceptors (Lipinski definition) is 6. The van der Waals surface area contributed by atoms with E-state index in [-0.39, 0.29) is 17.8 Å². The quantitative estimate of drug-likeness (QED) is 0.623. The average molecular weight is 381 g/mol. The summed E-state index contributed by atoms with van der Waals surface area (Å²) in [5, 5.41) is 2.93. The zero-order chi connectivity index (χ0) is 18.9. The minimum Gasteiger partial charge on any atom is -0.399 e. The Bertz CT molecular complexity index is 640. The summed E-state index contributed by atoms with van der Waals surface area (Å²) in [6.45, 7) is 9.62. The molecule has 0 aliphatic carbocycles. The van der Waals surface area contributed by atoms with Crippen molar-refractivity contribution in [2.75, 3.05) is 23.9 Å². The Balaban J connectivity index is 1.65. The predicted molar refractivity (Wildman–Crippen MR) is 102 cm³/mol. The van der Waals surface area contributed by atoms with Crippen LogP contribution in [0, 0.1) is 0 Å². The fourth-order valence-electron chi connectivity index (χ4n) is 3.14. The van der Waals surface area contributed by atoms with Gasteiger partial charge in [0.1, 0.15) is 5.88 Å². The van der Waals surface area contributed by atoms with E-state index >= 15 is 0 Å². The molecular weight excluding hydrogens is 354 g/mol. The van der Waals surface area contributed by atoms with Gasteiger partial charge in [0.2, 0.25) is 11.9 Å². The van der Waals surface area contributed by atoms with Gasteiger partial charge >= 0.3 is 7.12 Å². The first-order valence-electron chi connectivity index (χ1n) is 9.00. The van der Waals surface area contributed by atoms with Gasteiger partial charge in [0.25, 0.3) is 0 Å². The number of nitrogens with one attached hydrogen (secondary N) is 1. The highest BCUT2D eigenvalue weighted by atomic mass is 35.5. The van der Waals surface area contributed by atoms with Gasteiger partial charge in [-0.25, -0.2) is 9.97 Å². The standard InChI is InChI=1S/C17H26BClN4O3/c1-16(2)17(3,4)26-18(25-16)12-9-20-15(21-10-12)23-7-5-6-13(11-23)22-14(24)8-19/h9-10,13H,5-8,11H2,1-4H3,(H,22,24)/t13-/m1/s1. The van der Waals surface area contributed by atoms with Crippen molar-refractivity contribution in [3.05, 3.63) is 12.4 Å². The number of halogens is 1. The van der Waals surface area contributed by atoms with E-state index in [0.717, 1.165) is 24.8 Å². The molecule has 0 radical (unpaired) electrons. The predicted octanol–water partition coefficient (Wildman–Crippen LogP) is 1.10. The monoisotopic (exact) mass is 380 g/mol. The van der Waals surface area contributed by atoms with Crippen molar-refractivity contribution in [2.24, 2.45) is 0 Å². The van der Waals surface area contributed by atoms with Crippen molar-refractivity contribution < 1.29 is 14.1 Å².